The van der Waals surface area contributed by atoms with Gasteiger partial charge in [-0.25, -0.2) is 4.79 Å². The number of nitrogens with one attached hydrogen (secondary N) is 2. The number of aryl methyl sites for hydroxylation is 1. The number of urea groups is 1. The second-order valence-electron chi connectivity index (χ2n) is 6.79. The van der Waals surface area contributed by atoms with Crippen LogP contribution in [0.5, 0.6) is 0 Å². The van der Waals surface area contributed by atoms with E-state index in [1.807, 2.05) is 30.3 Å². The Morgan fingerprint density at radius 3 is 2.84 bits per heavy atom. The minimum atomic E-state index is -0.0739. The SMILES string of the molecule is CC1CCc2sc(C(=O)Nc3ccc(N4CCNC4=O)cc3)cc2C1. The van der Waals surface area contributed by atoms with Crippen molar-refractivity contribution in [3.63, 3.8) is 0 Å². The zero-order chi connectivity index (χ0) is 17.4. The molecule has 1 aliphatic carbocycles. The van der Waals surface area contributed by atoms with Gasteiger partial charge in [0.25, 0.3) is 5.91 Å². The second kappa shape index (κ2) is 6.52. The number of carbonyl (C=O) groups excluding carboxylic acids is 2. The molecule has 1 atom stereocenters. The van der Waals surface area contributed by atoms with Crippen LogP contribution in [0.1, 0.15) is 33.5 Å². The van der Waals surface area contributed by atoms with Crippen LogP contribution in [-0.4, -0.2) is 25.0 Å². The molecule has 1 aromatic carbocycles. The van der Waals surface area contributed by atoms with E-state index in [1.54, 1.807) is 16.2 Å². The van der Waals surface area contributed by atoms with Crippen molar-refractivity contribution in [1.82, 2.24) is 5.32 Å². The van der Waals surface area contributed by atoms with E-state index in [0.717, 1.165) is 29.1 Å². The van der Waals surface area contributed by atoms with E-state index in [1.165, 1.54) is 16.9 Å². The third-order valence-corrected chi connectivity index (χ3v) is 6.08. The van der Waals surface area contributed by atoms with Gasteiger partial charge in [-0.1, -0.05) is 6.92 Å². The van der Waals surface area contributed by atoms with Crippen LogP contribution in [0, 0.1) is 5.92 Å². The predicted octanol–water partition coefficient (Wildman–Crippen LogP) is 3.65. The Labute approximate surface area is 151 Å². The zero-order valence-electron chi connectivity index (χ0n) is 14.2. The van der Waals surface area contributed by atoms with Crippen molar-refractivity contribution in [2.45, 2.75) is 26.2 Å². The summed E-state index contributed by atoms with van der Waals surface area (Å²) in [6.45, 7) is 3.60. The highest BCUT2D eigenvalue weighted by Crippen LogP contribution is 2.32. The molecular formula is C19H21N3O2S. The molecule has 1 unspecified atom stereocenters. The smallest absolute Gasteiger partial charge is 0.321 e. The van der Waals surface area contributed by atoms with Crippen LogP contribution in [0.15, 0.2) is 30.3 Å². The lowest BCUT2D eigenvalue weighted by molar-refractivity contribution is 0.103. The summed E-state index contributed by atoms with van der Waals surface area (Å²) in [6.07, 6.45) is 3.37. The van der Waals surface area contributed by atoms with Gasteiger partial charge >= 0.3 is 6.03 Å². The number of anilines is 2. The van der Waals surface area contributed by atoms with Gasteiger partial charge in [-0.05, 0) is 61.1 Å². The largest absolute Gasteiger partial charge is 0.336 e. The van der Waals surface area contributed by atoms with Gasteiger partial charge in [0.15, 0.2) is 0 Å². The number of amides is 3. The van der Waals surface area contributed by atoms with Gasteiger partial charge in [0.1, 0.15) is 0 Å². The van der Waals surface area contributed by atoms with Crippen LogP contribution in [0.3, 0.4) is 0 Å². The zero-order valence-corrected chi connectivity index (χ0v) is 15.0. The molecule has 0 spiro atoms. The maximum atomic E-state index is 12.5. The Hall–Kier alpha value is -2.34. The molecule has 2 N–H and O–H groups in total. The van der Waals surface area contributed by atoms with Crippen LogP contribution in [-0.2, 0) is 12.8 Å². The fourth-order valence-corrected chi connectivity index (χ4v) is 4.56. The number of hydrogen-bond acceptors (Lipinski definition) is 3. The summed E-state index contributed by atoms with van der Waals surface area (Å²) in [5.74, 6) is 0.645. The molecule has 2 aliphatic rings. The minimum Gasteiger partial charge on any atom is -0.336 e. The summed E-state index contributed by atoms with van der Waals surface area (Å²) < 4.78 is 0. The van der Waals surface area contributed by atoms with Crippen molar-refractivity contribution >= 4 is 34.6 Å². The van der Waals surface area contributed by atoms with Crippen LogP contribution in [0.4, 0.5) is 16.2 Å². The highest BCUT2D eigenvalue weighted by Gasteiger charge is 2.22. The average molecular weight is 355 g/mol. The molecule has 0 bridgehead atoms. The normalized spacial score (nSPS) is 19.5. The van der Waals surface area contributed by atoms with E-state index >= 15 is 0 Å². The first kappa shape index (κ1) is 16.1. The second-order valence-corrected chi connectivity index (χ2v) is 7.93. The van der Waals surface area contributed by atoms with Gasteiger partial charge in [-0.3, -0.25) is 9.69 Å². The molecule has 5 nitrogen and oxygen atoms in total. The Bertz CT molecular complexity index is 813. The predicted molar refractivity (Wildman–Crippen MR) is 101 cm³/mol. The molecular weight excluding hydrogens is 334 g/mol. The monoisotopic (exact) mass is 355 g/mol. The molecule has 1 aliphatic heterocycles. The van der Waals surface area contributed by atoms with Crippen molar-refractivity contribution in [2.75, 3.05) is 23.3 Å². The molecule has 0 saturated carbocycles. The molecule has 25 heavy (non-hydrogen) atoms. The Kier molecular flexibility index (Phi) is 4.21. The van der Waals surface area contributed by atoms with Gasteiger partial charge in [-0.15, -0.1) is 11.3 Å². The number of hydrogen-bond donors (Lipinski definition) is 2. The van der Waals surface area contributed by atoms with E-state index in [0.29, 0.717) is 19.0 Å². The Morgan fingerprint density at radius 2 is 2.12 bits per heavy atom. The van der Waals surface area contributed by atoms with Gasteiger partial charge < -0.3 is 10.6 Å². The van der Waals surface area contributed by atoms with E-state index in [2.05, 4.69) is 17.6 Å². The molecule has 2 aromatic rings. The molecule has 0 radical (unpaired) electrons. The van der Waals surface area contributed by atoms with Crippen LogP contribution < -0.4 is 15.5 Å². The summed E-state index contributed by atoms with van der Waals surface area (Å²) in [5.41, 5.74) is 2.92. The highest BCUT2D eigenvalue weighted by atomic mass is 32.1. The van der Waals surface area contributed by atoms with Crippen LogP contribution in [0.25, 0.3) is 0 Å². The van der Waals surface area contributed by atoms with E-state index in [4.69, 9.17) is 0 Å². The molecule has 1 saturated heterocycles. The number of nitrogens with zero attached hydrogens (tertiary/aromatic N) is 1. The average Bonchev–Trinajstić information content (AvgIpc) is 3.21. The topological polar surface area (TPSA) is 61.4 Å². The number of fused-ring (bicyclic) bond motifs is 1. The highest BCUT2D eigenvalue weighted by molar-refractivity contribution is 7.14. The Morgan fingerprint density at radius 1 is 1.32 bits per heavy atom. The van der Waals surface area contributed by atoms with Crippen molar-refractivity contribution in [3.8, 4) is 0 Å². The van der Waals surface area contributed by atoms with Crippen LogP contribution in [0.2, 0.25) is 0 Å². The number of carbonyl (C=O) groups is 2. The number of benzene rings is 1. The fraction of sp³-hybridized carbons (Fsp3) is 0.368. The summed E-state index contributed by atoms with van der Waals surface area (Å²) in [6, 6.07) is 9.38. The van der Waals surface area contributed by atoms with E-state index < -0.39 is 0 Å². The Balaban J connectivity index is 1.45. The van der Waals surface area contributed by atoms with Gasteiger partial charge in [-0.2, -0.15) is 0 Å². The lowest BCUT2D eigenvalue weighted by Crippen LogP contribution is -2.27. The van der Waals surface area contributed by atoms with Crippen molar-refractivity contribution in [3.05, 3.63) is 45.6 Å². The molecule has 3 amide bonds. The number of rotatable bonds is 3. The quantitative estimate of drug-likeness (QED) is 0.883. The van der Waals surface area contributed by atoms with Gasteiger partial charge in [0, 0.05) is 29.3 Å². The summed E-state index contributed by atoms with van der Waals surface area (Å²) >= 11 is 1.62. The minimum absolute atomic E-state index is 0.0567. The first-order valence-electron chi connectivity index (χ1n) is 8.68. The molecule has 130 valence electrons. The van der Waals surface area contributed by atoms with Gasteiger partial charge in [0.05, 0.1) is 4.88 Å². The van der Waals surface area contributed by atoms with E-state index in [-0.39, 0.29) is 11.9 Å². The molecule has 2 heterocycles. The summed E-state index contributed by atoms with van der Waals surface area (Å²) in [4.78, 5) is 28.1. The molecule has 1 fully saturated rings. The maximum absolute atomic E-state index is 12.5. The first-order chi connectivity index (χ1) is 12.1. The standard InChI is InChI=1S/C19H21N3O2S/c1-12-2-7-16-13(10-12)11-17(25-16)18(23)21-14-3-5-15(6-4-14)22-9-8-20-19(22)24/h3-6,11-12H,2,7-10H2,1H3,(H,20,24)(H,21,23). The first-order valence-corrected chi connectivity index (χ1v) is 9.50. The summed E-state index contributed by atoms with van der Waals surface area (Å²) in [7, 11) is 0. The van der Waals surface area contributed by atoms with Crippen molar-refractivity contribution in [1.29, 1.82) is 0 Å². The lowest BCUT2D eigenvalue weighted by atomic mass is 9.90. The molecule has 1 aromatic heterocycles. The van der Waals surface area contributed by atoms with E-state index in [9.17, 15) is 9.59 Å². The molecule has 4 rings (SSSR count). The third-order valence-electron chi connectivity index (χ3n) is 4.85. The lowest BCUT2D eigenvalue weighted by Gasteiger charge is -2.16. The third kappa shape index (κ3) is 3.26. The summed E-state index contributed by atoms with van der Waals surface area (Å²) in [5, 5.41) is 5.74. The molecule has 6 heteroatoms. The maximum Gasteiger partial charge on any atom is 0.321 e. The fourth-order valence-electron chi connectivity index (χ4n) is 3.45. The van der Waals surface area contributed by atoms with Crippen LogP contribution >= 0.6 is 11.3 Å². The number of thiophene rings is 1. The van der Waals surface area contributed by atoms with Crippen molar-refractivity contribution in [2.24, 2.45) is 5.92 Å². The van der Waals surface area contributed by atoms with Crippen molar-refractivity contribution < 1.29 is 9.59 Å². The van der Waals surface area contributed by atoms with Gasteiger partial charge in [0.2, 0.25) is 0 Å².